The fraction of sp³-hybridized carbons (Fsp3) is 0.524. The summed E-state index contributed by atoms with van der Waals surface area (Å²) >= 11 is 1.29. The predicted octanol–water partition coefficient (Wildman–Crippen LogP) is 2.87. The Bertz CT molecular complexity index is 949. The van der Waals surface area contributed by atoms with Crippen molar-refractivity contribution in [3.8, 4) is 0 Å². The quantitative estimate of drug-likeness (QED) is 0.408. The van der Waals surface area contributed by atoms with E-state index in [1.165, 1.54) is 11.8 Å². The smallest absolute Gasteiger partial charge is 0.309 e. The highest BCUT2D eigenvalue weighted by molar-refractivity contribution is 7.99. The number of para-hydroxylation sites is 1. The number of carbonyl (C=O) groups excluding carboxylic acids is 2. The summed E-state index contributed by atoms with van der Waals surface area (Å²) in [5, 5.41) is 1.14. The fourth-order valence-electron chi connectivity index (χ4n) is 3.53. The first-order chi connectivity index (χ1) is 13.9. The van der Waals surface area contributed by atoms with Gasteiger partial charge in [-0.15, -0.1) is 0 Å². The number of nitrogens with zero attached hydrogens (tertiary/aromatic N) is 3. The lowest BCUT2D eigenvalue weighted by atomic mass is 9.97. The van der Waals surface area contributed by atoms with E-state index in [1.807, 2.05) is 32.0 Å². The van der Waals surface area contributed by atoms with E-state index in [1.54, 1.807) is 22.5 Å². The van der Waals surface area contributed by atoms with Gasteiger partial charge in [-0.3, -0.25) is 19.0 Å². The molecule has 1 fully saturated rings. The number of aromatic nitrogens is 2. The molecule has 1 aliphatic heterocycles. The van der Waals surface area contributed by atoms with Crippen LogP contribution < -0.4 is 5.56 Å². The van der Waals surface area contributed by atoms with E-state index in [0.29, 0.717) is 48.6 Å². The number of thioether (sulfide) groups is 1. The number of likely N-dealkylation sites (tertiary alicyclic amines) is 1. The first kappa shape index (κ1) is 21.4. The highest BCUT2D eigenvalue weighted by Crippen LogP contribution is 2.23. The van der Waals surface area contributed by atoms with Gasteiger partial charge in [-0.2, -0.15) is 0 Å². The van der Waals surface area contributed by atoms with Gasteiger partial charge in [0.2, 0.25) is 5.91 Å². The van der Waals surface area contributed by atoms with Gasteiger partial charge in [-0.25, -0.2) is 4.98 Å². The van der Waals surface area contributed by atoms with E-state index in [2.05, 4.69) is 4.98 Å². The third-order valence-corrected chi connectivity index (χ3v) is 6.02. The summed E-state index contributed by atoms with van der Waals surface area (Å²) in [5.41, 5.74) is 0.551. The van der Waals surface area contributed by atoms with E-state index >= 15 is 0 Å². The fourth-order valence-corrected chi connectivity index (χ4v) is 4.56. The third-order valence-electron chi connectivity index (χ3n) is 5.08. The average Bonchev–Trinajstić information content (AvgIpc) is 2.72. The maximum atomic E-state index is 12.9. The highest BCUT2D eigenvalue weighted by atomic mass is 32.2. The third kappa shape index (κ3) is 4.80. The summed E-state index contributed by atoms with van der Waals surface area (Å²) in [6.07, 6.45) is 1.25. The molecular weight excluding hydrogens is 390 g/mol. The Morgan fingerprint density at radius 2 is 1.93 bits per heavy atom. The molecule has 156 valence electrons. The molecule has 0 spiro atoms. The molecule has 2 aromatic rings. The van der Waals surface area contributed by atoms with Crippen LogP contribution in [0.2, 0.25) is 0 Å². The van der Waals surface area contributed by atoms with Crippen LogP contribution >= 0.6 is 11.8 Å². The number of fused-ring (bicyclic) bond motifs is 1. The maximum Gasteiger partial charge on any atom is 0.309 e. The lowest BCUT2D eigenvalue weighted by Gasteiger charge is -2.30. The summed E-state index contributed by atoms with van der Waals surface area (Å²) < 4.78 is 6.72. The molecule has 0 saturated carbocycles. The molecule has 0 bridgehead atoms. The zero-order valence-corrected chi connectivity index (χ0v) is 17.9. The van der Waals surface area contributed by atoms with Gasteiger partial charge in [0.15, 0.2) is 5.16 Å². The van der Waals surface area contributed by atoms with Crippen LogP contribution in [0.25, 0.3) is 10.9 Å². The molecule has 1 amide bonds. The van der Waals surface area contributed by atoms with Crippen LogP contribution in [0.1, 0.15) is 39.7 Å². The molecule has 0 radical (unpaired) electrons. The van der Waals surface area contributed by atoms with Crippen LogP contribution in [0.4, 0.5) is 0 Å². The highest BCUT2D eigenvalue weighted by Gasteiger charge is 2.28. The number of carbonyl (C=O) groups is 2. The van der Waals surface area contributed by atoms with Gasteiger partial charge in [0.05, 0.1) is 29.2 Å². The molecule has 1 aromatic carbocycles. The number of amides is 1. The van der Waals surface area contributed by atoms with Gasteiger partial charge in [-0.1, -0.05) is 23.9 Å². The lowest BCUT2D eigenvalue weighted by molar-refractivity contribution is -0.151. The van der Waals surface area contributed by atoms with Gasteiger partial charge in [0, 0.05) is 19.1 Å². The van der Waals surface area contributed by atoms with Crippen molar-refractivity contribution >= 4 is 34.5 Å². The van der Waals surface area contributed by atoms with Crippen LogP contribution in [0.3, 0.4) is 0 Å². The molecular formula is C21H27N3O4S. The molecule has 1 aliphatic rings. The summed E-state index contributed by atoms with van der Waals surface area (Å²) in [6.45, 7) is 7.14. The Hall–Kier alpha value is -2.35. The maximum absolute atomic E-state index is 12.9. The summed E-state index contributed by atoms with van der Waals surface area (Å²) in [6, 6.07) is 7.20. The first-order valence-corrected chi connectivity index (χ1v) is 11.0. The van der Waals surface area contributed by atoms with Crippen molar-refractivity contribution in [1.82, 2.24) is 14.5 Å². The van der Waals surface area contributed by atoms with Crippen molar-refractivity contribution in [2.45, 2.75) is 44.8 Å². The van der Waals surface area contributed by atoms with Crippen LogP contribution in [-0.2, 0) is 14.3 Å². The van der Waals surface area contributed by atoms with Crippen molar-refractivity contribution in [1.29, 1.82) is 0 Å². The number of piperidine rings is 1. The minimum atomic E-state index is -0.171. The van der Waals surface area contributed by atoms with Crippen molar-refractivity contribution in [2.24, 2.45) is 5.92 Å². The van der Waals surface area contributed by atoms with Gasteiger partial charge >= 0.3 is 5.97 Å². The molecule has 2 heterocycles. The Balaban J connectivity index is 1.68. The number of rotatable bonds is 6. The minimum Gasteiger partial charge on any atom is -0.466 e. The van der Waals surface area contributed by atoms with Crippen LogP contribution in [0.15, 0.2) is 34.2 Å². The van der Waals surface area contributed by atoms with Gasteiger partial charge in [0.1, 0.15) is 0 Å². The first-order valence-electron chi connectivity index (χ1n) is 10.0. The second kappa shape index (κ2) is 9.43. The Kier molecular flexibility index (Phi) is 6.95. The second-order valence-corrected chi connectivity index (χ2v) is 8.32. The monoisotopic (exact) mass is 417 g/mol. The topological polar surface area (TPSA) is 81.5 Å². The summed E-state index contributed by atoms with van der Waals surface area (Å²) in [5.74, 6) is -0.0908. The van der Waals surface area contributed by atoms with Crippen molar-refractivity contribution in [3.05, 3.63) is 34.6 Å². The van der Waals surface area contributed by atoms with E-state index in [4.69, 9.17) is 4.74 Å². The van der Waals surface area contributed by atoms with Gasteiger partial charge < -0.3 is 9.64 Å². The molecule has 0 aliphatic carbocycles. The van der Waals surface area contributed by atoms with Crippen molar-refractivity contribution < 1.29 is 14.3 Å². The van der Waals surface area contributed by atoms with Gasteiger partial charge in [-0.05, 0) is 45.7 Å². The normalized spacial score (nSPS) is 15.1. The Labute approximate surface area is 174 Å². The SMILES string of the molecule is CCOC(=O)C1CCN(C(=O)CSc2nc3ccccc3c(=O)n2C(C)C)CC1. The molecule has 7 nitrogen and oxygen atoms in total. The van der Waals surface area contributed by atoms with Gasteiger partial charge in [0.25, 0.3) is 5.56 Å². The zero-order chi connectivity index (χ0) is 21.0. The lowest BCUT2D eigenvalue weighted by Crippen LogP contribution is -2.41. The molecule has 3 rings (SSSR count). The largest absolute Gasteiger partial charge is 0.466 e. The second-order valence-electron chi connectivity index (χ2n) is 7.38. The summed E-state index contributed by atoms with van der Waals surface area (Å²) in [7, 11) is 0. The molecule has 0 atom stereocenters. The van der Waals surface area contributed by atoms with E-state index in [9.17, 15) is 14.4 Å². The molecule has 29 heavy (non-hydrogen) atoms. The predicted molar refractivity (Wildman–Crippen MR) is 113 cm³/mol. The Morgan fingerprint density at radius 1 is 1.24 bits per heavy atom. The molecule has 8 heteroatoms. The zero-order valence-electron chi connectivity index (χ0n) is 17.1. The number of benzene rings is 1. The van der Waals surface area contributed by atoms with E-state index < -0.39 is 0 Å². The van der Waals surface area contributed by atoms with Crippen LogP contribution in [0, 0.1) is 5.92 Å². The molecule has 0 N–H and O–H groups in total. The molecule has 1 aromatic heterocycles. The molecule has 0 unspecified atom stereocenters. The number of hydrogen-bond acceptors (Lipinski definition) is 6. The van der Waals surface area contributed by atoms with E-state index in [0.717, 1.165) is 0 Å². The summed E-state index contributed by atoms with van der Waals surface area (Å²) in [4.78, 5) is 43.8. The minimum absolute atomic E-state index is 0.00461. The van der Waals surface area contributed by atoms with E-state index in [-0.39, 0.29) is 35.1 Å². The Morgan fingerprint density at radius 3 is 2.59 bits per heavy atom. The number of esters is 1. The van der Waals surface area contributed by atoms with Crippen LogP contribution in [-0.4, -0.2) is 51.8 Å². The van der Waals surface area contributed by atoms with Crippen LogP contribution in [0.5, 0.6) is 0 Å². The number of hydrogen-bond donors (Lipinski definition) is 0. The molecule has 1 saturated heterocycles. The number of ether oxygens (including phenoxy) is 1. The standard InChI is InChI=1S/C21H27N3O4S/c1-4-28-20(27)15-9-11-23(12-10-15)18(25)13-29-21-22-17-8-6-5-7-16(17)19(26)24(21)14(2)3/h5-8,14-15H,4,9-13H2,1-3H3. The van der Waals surface area contributed by atoms with Crippen molar-refractivity contribution in [3.63, 3.8) is 0 Å². The van der Waals surface area contributed by atoms with Crippen molar-refractivity contribution in [2.75, 3.05) is 25.4 Å². The average molecular weight is 418 g/mol.